The molecule has 468 valence electrons. The predicted molar refractivity (Wildman–Crippen MR) is 324 cm³/mol. The summed E-state index contributed by atoms with van der Waals surface area (Å²) in [6, 6.07) is 25.2. The Labute approximate surface area is 512 Å². The van der Waals surface area contributed by atoms with E-state index in [0.717, 1.165) is 48.5 Å². The van der Waals surface area contributed by atoms with Gasteiger partial charge in [-0.15, -0.1) is 20.5 Å². The number of anilines is 2. The van der Waals surface area contributed by atoms with Crippen LogP contribution in [0.4, 0.5) is 56.9 Å². The second kappa shape index (κ2) is 23.2. The minimum absolute atomic E-state index is 0.0102. The SMILES string of the molecule is Cc1cc(N=Nc2c(S(=O)(=O)O)cc3cc(Nc4ccc5c(O)c(N=Nc6cc(C)c(N=Nc7ccc8cc(S(=O)(=O)O)cc(S(=O)(=O)O)c8c7)cc6O)c(S(=O)(=O)O)cc5c4)ccc3c2O)c(O)cc1N=Nc1ccc2cc(S(=O)(=O)O)cc(S(=O)(=O)O)c2c1. The van der Waals surface area contributed by atoms with Crippen LogP contribution >= 0.6 is 0 Å². The number of aryl methyl sites for hydroxylation is 2. The van der Waals surface area contributed by atoms with E-state index < -0.39 is 124 Å². The van der Waals surface area contributed by atoms with Crippen LogP contribution < -0.4 is 5.32 Å². The molecule has 0 bridgehead atoms. The molecule has 0 saturated carbocycles. The summed E-state index contributed by atoms with van der Waals surface area (Å²) in [5.41, 5.74) is -1.07. The van der Waals surface area contributed by atoms with Gasteiger partial charge in [-0.25, -0.2) is 0 Å². The lowest BCUT2D eigenvalue weighted by Crippen LogP contribution is -2.04. The molecule has 0 saturated heterocycles. The van der Waals surface area contributed by atoms with Crippen molar-refractivity contribution in [2.24, 2.45) is 40.9 Å². The van der Waals surface area contributed by atoms with Gasteiger partial charge in [0.15, 0.2) is 11.5 Å². The van der Waals surface area contributed by atoms with Crippen molar-refractivity contribution in [1.82, 2.24) is 0 Å². The summed E-state index contributed by atoms with van der Waals surface area (Å²) in [7, 11) is -30.2. The molecule has 0 aromatic heterocycles. The van der Waals surface area contributed by atoms with Gasteiger partial charge in [0.2, 0.25) is 0 Å². The van der Waals surface area contributed by atoms with Gasteiger partial charge in [0.1, 0.15) is 53.8 Å². The molecule has 31 nitrogen and oxygen atoms in total. The fourth-order valence-electron chi connectivity index (χ4n) is 9.18. The first-order valence-corrected chi connectivity index (χ1v) is 33.7. The van der Waals surface area contributed by atoms with Crippen LogP contribution in [0.15, 0.2) is 204 Å². The Bertz CT molecular complexity index is 5370. The molecule has 0 unspecified atom stereocenters. The highest BCUT2D eigenvalue weighted by Crippen LogP contribution is 2.47. The third kappa shape index (κ3) is 13.5. The molecule has 0 aliphatic heterocycles. The van der Waals surface area contributed by atoms with Gasteiger partial charge in [0, 0.05) is 45.1 Å². The van der Waals surface area contributed by atoms with Crippen molar-refractivity contribution in [1.29, 1.82) is 0 Å². The summed E-state index contributed by atoms with van der Waals surface area (Å²) in [5, 5.41) is 79.0. The molecule has 0 amide bonds. The van der Waals surface area contributed by atoms with Crippen molar-refractivity contribution in [3.05, 3.63) is 145 Å². The lowest BCUT2D eigenvalue weighted by molar-refractivity contribution is 0.471. The number of hydrogen-bond acceptors (Lipinski definition) is 25. The number of nitrogens with zero attached hydrogens (tertiary/aromatic N) is 8. The maximum absolute atomic E-state index is 12.8. The first-order chi connectivity index (χ1) is 42.3. The maximum Gasteiger partial charge on any atom is 0.296 e. The van der Waals surface area contributed by atoms with Crippen LogP contribution in [-0.2, 0) is 60.7 Å². The van der Waals surface area contributed by atoms with Crippen molar-refractivity contribution >= 4 is 161 Å². The van der Waals surface area contributed by atoms with Crippen molar-refractivity contribution in [3.63, 3.8) is 0 Å². The Morgan fingerprint density at radius 1 is 0.308 bits per heavy atom. The van der Waals surface area contributed by atoms with Crippen LogP contribution in [-0.4, -0.2) is 98.2 Å². The molecule has 0 radical (unpaired) electrons. The minimum atomic E-state index is -5.19. The number of nitrogens with one attached hydrogen (secondary N) is 1. The molecule has 11 N–H and O–H groups in total. The quantitative estimate of drug-likeness (QED) is 0.0316. The van der Waals surface area contributed by atoms with E-state index >= 15 is 0 Å². The first-order valence-electron chi connectivity index (χ1n) is 25.0. The molecule has 10 aromatic carbocycles. The molecule has 10 rings (SSSR count). The first kappa shape index (κ1) is 64.1. The zero-order valence-corrected chi connectivity index (χ0v) is 50.5. The Kier molecular flexibility index (Phi) is 16.3. The Morgan fingerprint density at radius 3 is 1.00 bits per heavy atom. The van der Waals surface area contributed by atoms with E-state index in [1.54, 1.807) is 0 Å². The van der Waals surface area contributed by atoms with Crippen molar-refractivity contribution < 1.29 is 98.2 Å². The van der Waals surface area contributed by atoms with Gasteiger partial charge in [-0.1, -0.05) is 12.1 Å². The smallest absolute Gasteiger partial charge is 0.296 e. The zero-order valence-electron chi connectivity index (χ0n) is 45.6. The minimum Gasteiger partial charge on any atom is -0.506 e. The van der Waals surface area contributed by atoms with Gasteiger partial charge in [0.25, 0.3) is 60.7 Å². The summed E-state index contributed by atoms with van der Waals surface area (Å²) in [5.74, 6) is -2.77. The molecule has 0 atom stereocenters. The van der Waals surface area contributed by atoms with E-state index in [1.165, 1.54) is 86.6 Å². The number of fused-ring (bicyclic) bond motifs is 4. The highest BCUT2D eigenvalue weighted by atomic mass is 32.2. The third-order valence-corrected chi connectivity index (χ3v) is 18.7. The highest BCUT2D eigenvalue weighted by Gasteiger charge is 2.27. The van der Waals surface area contributed by atoms with Crippen molar-refractivity contribution in [2.45, 2.75) is 43.2 Å². The molecule has 0 aliphatic rings. The van der Waals surface area contributed by atoms with E-state index in [4.69, 9.17) is 0 Å². The fourth-order valence-corrected chi connectivity index (χ4v) is 13.2. The standard InChI is InChI=1S/C54H39N9O22S6/c1-25-11-43(45(64)23-41(25)58-56-33-5-3-27-15-35(86(68,69)70)21-47(39(27)19-33)88(74,75)76)60-62-51-49(90(80,81)82)17-29-13-31(7-9-37(29)53(51)66)55-32-8-10-38-30(14-32)18-50(91(83,84)85)52(54(38)67)63-61-44-12-26(2)42(24-46(44)65)59-57-34-6-4-28-16-36(87(71,72)73)22-48(40(28)20-34)89(77,78)79/h3-24,55,64-67H,1-2H3,(H,68,69,70)(H,71,72,73)(H,74,75,76)(H,77,78,79)(H,80,81,82)(H,83,84,85). The van der Waals surface area contributed by atoms with Crippen LogP contribution in [0.5, 0.6) is 23.0 Å². The van der Waals surface area contributed by atoms with Crippen LogP contribution in [0.1, 0.15) is 11.1 Å². The van der Waals surface area contributed by atoms with E-state index in [9.17, 15) is 98.2 Å². The Hall–Kier alpha value is -9.90. The molecule has 0 spiro atoms. The van der Waals surface area contributed by atoms with E-state index in [-0.39, 0.29) is 99.7 Å². The van der Waals surface area contributed by atoms with Gasteiger partial charge in [-0.2, -0.15) is 71.0 Å². The number of aromatic hydroxyl groups is 4. The van der Waals surface area contributed by atoms with Crippen molar-refractivity contribution in [3.8, 4) is 23.0 Å². The topological polar surface area (TPSA) is 518 Å². The number of azo groups is 4. The van der Waals surface area contributed by atoms with Crippen LogP contribution in [0, 0.1) is 13.8 Å². The fraction of sp³-hybridized carbons (Fsp3) is 0.0370. The molecule has 0 aliphatic carbocycles. The average molecular weight is 1360 g/mol. The molecular weight excluding hydrogens is 1320 g/mol. The summed E-state index contributed by atoms with van der Waals surface area (Å²) < 4.78 is 206. The largest absolute Gasteiger partial charge is 0.506 e. The predicted octanol–water partition coefficient (Wildman–Crippen LogP) is 12.6. The van der Waals surface area contributed by atoms with E-state index in [1.807, 2.05) is 0 Å². The van der Waals surface area contributed by atoms with Gasteiger partial charge < -0.3 is 25.7 Å². The second-order valence-corrected chi connectivity index (χ2v) is 28.1. The monoisotopic (exact) mass is 1360 g/mol. The van der Waals surface area contributed by atoms with Crippen LogP contribution in [0.25, 0.3) is 43.1 Å². The average Bonchev–Trinajstić information content (AvgIpc) is 0.809. The van der Waals surface area contributed by atoms with Crippen LogP contribution in [0.2, 0.25) is 0 Å². The lowest BCUT2D eigenvalue weighted by atomic mass is 10.1. The molecular formula is C54H39N9O22S6. The summed E-state index contributed by atoms with van der Waals surface area (Å²) in [6.07, 6.45) is 0. The molecule has 10 aromatic rings. The highest BCUT2D eigenvalue weighted by molar-refractivity contribution is 7.87. The summed E-state index contributed by atoms with van der Waals surface area (Å²) in [6.45, 7) is 3.00. The number of rotatable bonds is 16. The van der Waals surface area contributed by atoms with Gasteiger partial charge in [-0.05, 0) is 156 Å². The number of hydrogen-bond donors (Lipinski definition) is 11. The number of phenols is 4. The van der Waals surface area contributed by atoms with Gasteiger partial charge in [-0.3, -0.25) is 27.3 Å². The summed E-state index contributed by atoms with van der Waals surface area (Å²) >= 11 is 0. The molecule has 0 fully saturated rings. The molecule has 0 heterocycles. The summed E-state index contributed by atoms with van der Waals surface area (Å²) in [4.78, 5) is -5.16. The van der Waals surface area contributed by atoms with Crippen LogP contribution in [0.3, 0.4) is 0 Å². The lowest BCUT2D eigenvalue weighted by Gasteiger charge is -2.13. The normalized spacial score (nSPS) is 13.1. The third-order valence-electron chi connectivity index (χ3n) is 13.5. The Balaban J connectivity index is 0.886. The molecule has 91 heavy (non-hydrogen) atoms. The second-order valence-electron chi connectivity index (χ2n) is 19.7. The number of benzene rings is 10. The zero-order chi connectivity index (χ0) is 66.2. The van der Waals surface area contributed by atoms with E-state index in [2.05, 4.69) is 46.2 Å². The van der Waals surface area contributed by atoms with Crippen molar-refractivity contribution in [2.75, 3.05) is 5.32 Å². The number of phenolic OH excluding ortho intramolecular Hbond substituents is 4. The Morgan fingerprint density at radius 2 is 0.659 bits per heavy atom. The van der Waals surface area contributed by atoms with Gasteiger partial charge >= 0.3 is 0 Å². The molecule has 37 heteroatoms. The maximum atomic E-state index is 12.8. The van der Waals surface area contributed by atoms with E-state index in [0.29, 0.717) is 12.1 Å². The van der Waals surface area contributed by atoms with Gasteiger partial charge in [0.05, 0.1) is 32.5 Å².